The second-order valence-corrected chi connectivity index (χ2v) is 7.36. The van der Waals surface area contributed by atoms with Gasteiger partial charge in [0.15, 0.2) is 0 Å². The van der Waals surface area contributed by atoms with Crippen LogP contribution < -0.4 is 5.56 Å². The monoisotopic (exact) mass is 356 g/mol. The van der Waals surface area contributed by atoms with Gasteiger partial charge in [-0.1, -0.05) is 6.07 Å². The first-order valence-corrected chi connectivity index (χ1v) is 9.38. The SMILES string of the molecule is Cc1nn(C)c(C)c1CCC(=O)N1CCC(Cc2ccc(=O)[nH]c2)CC1. The number of nitrogens with zero attached hydrogens (tertiary/aromatic N) is 3. The third kappa shape index (κ3) is 4.23. The normalized spacial score (nSPS) is 15.4. The summed E-state index contributed by atoms with van der Waals surface area (Å²) in [5.41, 5.74) is 4.48. The van der Waals surface area contributed by atoms with Gasteiger partial charge in [0.2, 0.25) is 11.5 Å². The van der Waals surface area contributed by atoms with Crippen LogP contribution in [0.3, 0.4) is 0 Å². The van der Waals surface area contributed by atoms with Crippen LogP contribution in [0, 0.1) is 19.8 Å². The molecule has 1 fully saturated rings. The number of amides is 1. The van der Waals surface area contributed by atoms with E-state index in [1.807, 2.05) is 29.6 Å². The number of pyridine rings is 1. The number of carbonyl (C=O) groups is 1. The lowest BCUT2D eigenvalue weighted by Gasteiger charge is -2.32. The van der Waals surface area contributed by atoms with Crippen molar-refractivity contribution in [3.8, 4) is 0 Å². The molecule has 3 heterocycles. The fraction of sp³-hybridized carbons (Fsp3) is 0.550. The molecule has 1 N–H and O–H groups in total. The van der Waals surface area contributed by atoms with Gasteiger partial charge in [0.05, 0.1) is 5.69 Å². The van der Waals surface area contributed by atoms with Gasteiger partial charge in [0.1, 0.15) is 0 Å². The third-order valence-electron chi connectivity index (χ3n) is 5.59. The minimum atomic E-state index is -0.0618. The molecule has 26 heavy (non-hydrogen) atoms. The van der Waals surface area contributed by atoms with Gasteiger partial charge in [-0.05, 0) is 56.6 Å². The van der Waals surface area contributed by atoms with Crippen molar-refractivity contribution in [2.75, 3.05) is 13.1 Å². The van der Waals surface area contributed by atoms with Crippen LogP contribution in [-0.2, 0) is 24.7 Å². The van der Waals surface area contributed by atoms with Crippen LogP contribution in [0.15, 0.2) is 23.1 Å². The summed E-state index contributed by atoms with van der Waals surface area (Å²) in [7, 11) is 1.95. The zero-order valence-corrected chi connectivity index (χ0v) is 15.9. The highest BCUT2D eigenvalue weighted by atomic mass is 16.2. The van der Waals surface area contributed by atoms with E-state index in [0.29, 0.717) is 12.3 Å². The Balaban J connectivity index is 1.47. The summed E-state index contributed by atoms with van der Waals surface area (Å²) >= 11 is 0. The molecule has 0 radical (unpaired) electrons. The number of piperidine rings is 1. The lowest BCUT2D eigenvalue weighted by Crippen LogP contribution is -2.39. The zero-order valence-electron chi connectivity index (χ0n) is 15.9. The van der Waals surface area contributed by atoms with Gasteiger partial charge in [-0.2, -0.15) is 5.10 Å². The molecule has 2 aromatic heterocycles. The molecule has 6 nitrogen and oxygen atoms in total. The minimum absolute atomic E-state index is 0.0618. The fourth-order valence-corrected chi connectivity index (χ4v) is 3.86. The van der Waals surface area contributed by atoms with Crippen molar-refractivity contribution < 1.29 is 4.79 Å². The van der Waals surface area contributed by atoms with Gasteiger partial charge in [-0.3, -0.25) is 14.3 Å². The molecular formula is C20H28N4O2. The first-order valence-electron chi connectivity index (χ1n) is 9.38. The lowest BCUT2D eigenvalue weighted by atomic mass is 9.90. The number of rotatable bonds is 5. The topological polar surface area (TPSA) is 71.0 Å². The number of nitrogens with one attached hydrogen (secondary N) is 1. The largest absolute Gasteiger partial charge is 0.343 e. The maximum atomic E-state index is 12.6. The van der Waals surface area contributed by atoms with E-state index < -0.39 is 0 Å². The number of carbonyl (C=O) groups excluding carboxylic acids is 1. The van der Waals surface area contributed by atoms with Gasteiger partial charge in [0.25, 0.3) is 0 Å². The predicted molar refractivity (Wildman–Crippen MR) is 101 cm³/mol. The molecule has 0 spiro atoms. The molecule has 0 aliphatic carbocycles. The van der Waals surface area contributed by atoms with E-state index in [4.69, 9.17) is 0 Å². The van der Waals surface area contributed by atoms with Gasteiger partial charge in [-0.25, -0.2) is 0 Å². The number of aryl methyl sites for hydroxylation is 2. The summed E-state index contributed by atoms with van der Waals surface area (Å²) in [6.07, 6.45) is 6.14. The number of aromatic amines is 1. The number of aromatic nitrogens is 3. The highest BCUT2D eigenvalue weighted by molar-refractivity contribution is 5.76. The molecule has 1 aliphatic rings. The summed E-state index contributed by atoms with van der Waals surface area (Å²) < 4.78 is 1.89. The average Bonchev–Trinajstić information content (AvgIpc) is 2.87. The highest BCUT2D eigenvalue weighted by Crippen LogP contribution is 2.22. The Kier molecular flexibility index (Phi) is 5.59. The predicted octanol–water partition coefficient (Wildman–Crippen LogP) is 2.14. The van der Waals surface area contributed by atoms with Crippen LogP contribution >= 0.6 is 0 Å². The van der Waals surface area contributed by atoms with E-state index in [0.717, 1.165) is 55.7 Å². The van der Waals surface area contributed by atoms with Crippen LogP contribution in [-0.4, -0.2) is 38.7 Å². The molecule has 0 unspecified atom stereocenters. The first-order chi connectivity index (χ1) is 12.4. The molecule has 0 aromatic carbocycles. The Morgan fingerprint density at radius 1 is 1.27 bits per heavy atom. The fourth-order valence-electron chi connectivity index (χ4n) is 3.86. The second kappa shape index (κ2) is 7.89. The van der Waals surface area contributed by atoms with E-state index in [1.165, 1.54) is 5.56 Å². The molecule has 3 rings (SSSR count). The van der Waals surface area contributed by atoms with Crippen LogP contribution in [0.4, 0.5) is 0 Å². The zero-order chi connectivity index (χ0) is 18.7. The quantitative estimate of drug-likeness (QED) is 0.892. The van der Waals surface area contributed by atoms with Crippen LogP contribution in [0.1, 0.15) is 41.8 Å². The molecule has 140 valence electrons. The van der Waals surface area contributed by atoms with Gasteiger partial charge in [-0.15, -0.1) is 0 Å². The van der Waals surface area contributed by atoms with Gasteiger partial charge in [0, 0.05) is 44.5 Å². The van der Waals surface area contributed by atoms with Crippen LogP contribution in [0.2, 0.25) is 0 Å². The summed E-state index contributed by atoms with van der Waals surface area (Å²) in [5, 5.41) is 4.43. The Labute approximate surface area is 154 Å². The van der Waals surface area contributed by atoms with Crippen molar-refractivity contribution in [2.45, 2.75) is 46.0 Å². The van der Waals surface area contributed by atoms with E-state index in [2.05, 4.69) is 17.0 Å². The highest BCUT2D eigenvalue weighted by Gasteiger charge is 2.23. The Morgan fingerprint density at radius 2 is 2.00 bits per heavy atom. The molecule has 0 saturated carbocycles. The Morgan fingerprint density at radius 3 is 2.58 bits per heavy atom. The third-order valence-corrected chi connectivity index (χ3v) is 5.59. The maximum Gasteiger partial charge on any atom is 0.247 e. The van der Waals surface area contributed by atoms with E-state index in [1.54, 1.807) is 12.3 Å². The first kappa shape index (κ1) is 18.4. The molecule has 0 atom stereocenters. The Hall–Kier alpha value is -2.37. The molecule has 1 saturated heterocycles. The summed E-state index contributed by atoms with van der Waals surface area (Å²) in [5.74, 6) is 0.822. The van der Waals surface area contributed by atoms with E-state index in [9.17, 15) is 9.59 Å². The Bertz CT molecular complexity index is 808. The summed E-state index contributed by atoms with van der Waals surface area (Å²) in [4.78, 5) is 28.4. The average molecular weight is 356 g/mol. The summed E-state index contributed by atoms with van der Waals surface area (Å²) in [6, 6.07) is 3.48. The number of hydrogen-bond acceptors (Lipinski definition) is 3. The van der Waals surface area contributed by atoms with E-state index >= 15 is 0 Å². The lowest BCUT2D eigenvalue weighted by molar-refractivity contribution is -0.132. The van der Waals surface area contributed by atoms with Crippen LogP contribution in [0.5, 0.6) is 0 Å². The molecule has 0 bridgehead atoms. The summed E-state index contributed by atoms with van der Waals surface area (Å²) in [6.45, 7) is 5.73. The van der Waals surface area contributed by atoms with Crippen molar-refractivity contribution in [1.82, 2.24) is 19.7 Å². The van der Waals surface area contributed by atoms with Crippen molar-refractivity contribution in [1.29, 1.82) is 0 Å². The number of H-pyrrole nitrogens is 1. The number of likely N-dealkylation sites (tertiary alicyclic amines) is 1. The van der Waals surface area contributed by atoms with Crippen molar-refractivity contribution in [3.63, 3.8) is 0 Å². The van der Waals surface area contributed by atoms with Crippen molar-refractivity contribution >= 4 is 5.91 Å². The second-order valence-electron chi connectivity index (χ2n) is 7.36. The smallest absolute Gasteiger partial charge is 0.247 e. The number of hydrogen-bond donors (Lipinski definition) is 1. The standard InChI is InChI=1S/C20H28N4O2/c1-14-18(15(2)23(3)22-14)5-7-20(26)24-10-8-16(9-11-24)12-17-4-6-19(25)21-13-17/h4,6,13,16H,5,7-12H2,1-3H3,(H,21,25). The van der Waals surface area contributed by atoms with E-state index in [-0.39, 0.29) is 11.5 Å². The molecule has 1 aliphatic heterocycles. The molecule has 2 aromatic rings. The molecule has 6 heteroatoms. The molecule has 1 amide bonds. The van der Waals surface area contributed by atoms with Crippen molar-refractivity contribution in [2.24, 2.45) is 13.0 Å². The van der Waals surface area contributed by atoms with Gasteiger partial charge >= 0.3 is 0 Å². The maximum absolute atomic E-state index is 12.6. The minimum Gasteiger partial charge on any atom is -0.343 e. The van der Waals surface area contributed by atoms with Crippen molar-refractivity contribution in [3.05, 3.63) is 51.2 Å². The van der Waals surface area contributed by atoms with Crippen LogP contribution in [0.25, 0.3) is 0 Å². The molecular weight excluding hydrogens is 328 g/mol. The van der Waals surface area contributed by atoms with Gasteiger partial charge < -0.3 is 9.88 Å².